The van der Waals surface area contributed by atoms with E-state index in [4.69, 9.17) is 9.79 Å². The Morgan fingerprint density at radius 3 is 2.18 bits per heavy atom. The number of hydrogen-bond acceptors (Lipinski definition) is 3. The van der Waals surface area contributed by atoms with Crippen molar-refractivity contribution in [1.29, 1.82) is 0 Å². The van der Waals surface area contributed by atoms with Gasteiger partial charge < -0.3 is 9.79 Å². The Labute approximate surface area is 65.5 Å². The van der Waals surface area contributed by atoms with Gasteiger partial charge in [-0.25, -0.2) is 4.57 Å². The Bertz CT molecular complexity index is 175. The molecule has 0 bridgehead atoms. The summed E-state index contributed by atoms with van der Waals surface area (Å²) < 4.78 is 14.6. The number of likely N-dealkylation sites (N-methyl/N-ethyl adjacent to an activating group) is 1. The lowest BCUT2D eigenvalue weighted by molar-refractivity contribution is 0.0699. The number of nitrogens with zero attached hydrogens (tertiary/aromatic N) is 1. The highest BCUT2D eigenvalue weighted by molar-refractivity contribution is 7.46. The molecule has 0 aliphatic heterocycles. The SMILES string of the molecule is C=CC(OP(=O)(O)O)N(C)C. The minimum absolute atomic E-state index is 0.754. The van der Waals surface area contributed by atoms with E-state index in [2.05, 4.69) is 11.1 Å². The van der Waals surface area contributed by atoms with Crippen LogP contribution >= 0.6 is 7.82 Å². The van der Waals surface area contributed by atoms with Crippen LogP contribution in [0.3, 0.4) is 0 Å². The lowest BCUT2D eigenvalue weighted by atomic mass is 10.5. The monoisotopic (exact) mass is 181 g/mol. The average molecular weight is 181 g/mol. The second-order valence-electron chi connectivity index (χ2n) is 2.19. The predicted octanol–water partition coefficient (Wildman–Crippen LogP) is 0.169. The van der Waals surface area contributed by atoms with Gasteiger partial charge in [0, 0.05) is 0 Å². The van der Waals surface area contributed by atoms with Gasteiger partial charge in [-0.2, -0.15) is 0 Å². The molecule has 0 aromatic rings. The molecule has 0 saturated carbocycles. The average Bonchev–Trinajstić information content (AvgIpc) is 1.80. The maximum absolute atomic E-state index is 10.3. The second-order valence-corrected chi connectivity index (χ2v) is 3.38. The van der Waals surface area contributed by atoms with E-state index in [1.807, 2.05) is 0 Å². The first-order chi connectivity index (χ1) is 4.87. The summed E-state index contributed by atoms with van der Waals surface area (Å²) in [5.74, 6) is 0. The van der Waals surface area contributed by atoms with Crippen LogP contribution in [-0.2, 0) is 9.09 Å². The Balaban J connectivity index is 4.10. The quantitative estimate of drug-likeness (QED) is 0.367. The Kier molecular flexibility index (Phi) is 3.92. The zero-order valence-corrected chi connectivity index (χ0v) is 7.36. The van der Waals surface area contributed by atoms with Crippen molar-refractivity contribution < 1.29 is 18.9 Å². The molecule has 0 radical (unpaired) electrons. The maximum atomic E-state index is 10.3. The largest absolute Gasteiger partial charge is 0.471 e. The summed E-state index contributed by atoms with van der Waals surface area (Å²) >= 11 is 0. The third kappa shape index (κ3) is 5.12. The van der Waals surface area contributed by atoms with E-state index in [0.717, 1.165) is 0 Å². The van der Waals surface area contributed by atoms with E-state index in [1.54, 1.807) is 14.1 Å². The molecule has 0 saturated heterocycles. The topological polar surface area (TPSA) is 70.0 Å². The molecule has 11 heavy (non-hydrogen) atoms. The van der Waals surface area contributed by atoms with Gasteiger partial charge in [0.25, 0.3) is 0 Å². The molecule has 0 spiro atoms. The van der Waals surface area contributed by atoms with E-state index in [1.165, 1.54) is 11.0 Å². The van der Waals surface area contributed by atoms with Crippen molar-refractivity contribution in [2.75, 3.05) is 14.1 Å². The van der Waals surface area contributed by atoms with Crippen LogP contribution in [0.5, 0.6) is 0 Å². The van der Waals surface area contributed by atoms with Crippen LogP contribution in [-0.4, -0.2) is 35.0 Å². The van der Waals surface area contributed by atoms with E-state index in [-0.39, 0.29) is 0 Å². The molecule has 66 valence electrons. The fourth-order valence-corrected chi connectivity index (χ4v) is 1.04. The van der Waals surface area contributed by atoms with Gasteiger partial charge >= 0.3 is 7.82 Å². The van der Waals surface area contributed by atoms with Crippen molar-refractivity contribution in [3.8, 4) is 0 Å². The van der Waals surface area contributed by atoms with Crippen molar-refractivity contribution in [2.24, 2.45) is 0 Å². The van der Waals surface area contributed by atoms with Gasteiger partial charge in [-0.1, -0.05) is 6.58 Å². The lowest BCUT2D eigenvalue weighted by Gasteiger charge is -2.20. The van der Waals surface area contributed by atoms with Crippen LogP contribution in [0.1, 0.15) is 0 Å². The first-order valence-corrected chi connectivity index (χ1v) is 4.43. The Morgan fingerprint density at radius 2 is 2.09 bits per heavy atom. The molecule has 5 nitrogen and oxygen atoms in total. The Morgan fingerprint density at radius 1 is 1.64 bits per heavy atom. The molecule has 0 aromatic heterocycles. The maximum Gasteiger partial charge on any atom is 0.471 e. The van der Waals surface area contributed by atoms with Gasteiger partial charge in [-0.05, 0) is 20.2 Å². The summed E-state index contributed by atoms with van der Waals surface area (Å²) in [5.41, 5.74) is 0. The van der Waals surface area contributed by atoms with Crippen LogP contribution in [0.25, 0.3) is 0 Å². The molecule has 0 amide bonds. The molecule has 0 rings (SSSR count). The molecule has 0 heterocycles. The first kappa shape index (κ1) is 10.8. The van der Waals surface area contributed by atoms with Gasteiger partial charge in [0.2, 0.25) is 0 Å². The summed E-state index contributed by atoms with van der Waals surface area (Å²) in [6.07, 6.45) is 0.551. The molecular formula is C5H12NO4P. The summed E-state index contributed by atoms with van der Waals surface area (Å²) in [4.78, 5) is 18.3. The third-order valence-corrected chi connectivity index (χ3v) is 1.45. The third-order valence-electron chi connectivity index (χ3n) is 0.956. The van der Waals surface area contributed by atoms with Crippen molar-refractivity contribution in [1.82, 2.24) is 4.90 Å². The normalized spacial score (nSPS) is 15.0. The van der Waals surface area contributed by atoms with E-state index >= 15 is 0 Å². The highest BCUT2D eigenvalue weighted by Crippen LogP contribution is 2.37. The molecule has 0 aromatic carbocycles. The zero-order valence-electron chi connectivity index (χ0n) is 6.47. The summed E-state index contributed by atoms with van der Waals surface area (Å²) in [6.45, 7) is 3.36. The van der Waals surface area contributed by atoms with Gasteiger partial charge in [0.05, 0.1) is 0 Å². The van der Waals surface area contributed by atoms with Crippen LogP contribution in [0.15, 0.2) is 12.7 Å². The Hall–Kier alpha value is -0.190. The standard InChI is InChI=1S/C5H12NO4P/c1-4-5(6(2)3)10-11(7,8)9/h4-5H,1H2,2-3H3,(H2,7,8,9). The minimum atomic E-state index is -4.41. The van der Waals surface area contributed by atoms with Crippen LogP contribution in [0, 0.1) is 0 Å². The van der Waals surface area contributed by atoms with Gasteiger partial charge in [-0.3, -0.25) is 9.42 Å². The van der Waals surface area contributed by atoms with Crippen LogP contribution in [0.4, 0.5) is 0 Å². The number of phosphoric acid groups is 1. The van der Waals surface area contributed by atoms with Crippen molar-refractivity contribution in [3.05, 3.63) is 12.7 Å². The lowest BCUT2D eigenvalue weighted by Crippen LogP contribution is -2.27. The van der Waals surface area contributed by atoms with Crippen molar-refractivity contribution in [2.45, 2.75) is 6.23 Å². The number of hydrogen-bond donors (Lipinski definition) is 2. The first-order valence-electron chi connectivity index (χ1n) is 2.90. The predicted molar refractivity (Wildman–Crippen MR) is 40.8 cm³/mol. The van der Waals surface area contributed by atoms with Gasteiger partial charge in [0.15, 0.2) is 0 Å². The second kappa shape index (κ2) is 3.99. The number of rotatable bonds is 4. The fraction of sp³-hybridized carbons (Fsp3) is 0.600. The van der Waals surface area contributed by atoms with Crippen LogP contribution < -0.4 is 0 Å². The van der Waals surface area contributed by atoms with Gasteiger partial charge in [0.1, 0.15) is 6.23 Å². The highest BCUT2D eigenvalue weighted by Gasteiger charge is 2.20. The molecule has 0 fully saturated rings. The fourth-order valence-electron chi connectivity index (χ4n) is 0.489. The summed E-state index contributed by atoms with van der Waals surface area (Å²) in [5, 5.41) is 0. The summed E-state index contributed by atoms with van der Waals surface area (Å²) in [6, 6.07) is 0. The van der Waals surface area contributed by atoms with Crippen molar-refractivity contribution >= 4 is 7.82 Å². The van der Waals surface area contributed by atoms with E-state index in [0.29, 0.717) is 0 Å². The molecule has 1 unspecified atom stereocenters. The molecule has 0 aliphatic rings. The minimum Gasteiger partial charge on any atom is -0.303 e. The molecule has 0 aliphatic carbocycles. The van der Waals surface area contributed by atoms with Crippen LogP contribution in [0.2, 0.25) is 0 Å². The number of phosphoric ester groups is 1. The smallest absolute Gasteiger partial charge is 0.303 e. The zero-order chi connectivity index (χ0) is 9.07. The van der Waals surface area contributed by atoms with Gasteiger partial charge in [-0.15, -0.1) is 0 Å². The van der Waals surface area contributed by atoms with E-state index < -0.39 is 14.1 Å². The van der Waals surface area contributed by atoms with Crippen molar-refractivity contribution in [3.63, 3.8) is 0 Å². The molecular weight excluding hydrogens is 169 g/mol. The molecule has 2 N–H and O–H groups in total. The molecule has 6 heteroatoms. The molecule has 1 atom stereocenters. The highest BCUT2D eigenvalue weighted by atomic mass is 31.2. The van der Waals surface area contributed by atoms with E-state index in [9.17, 15) is 4.57 Å². The summed E-state index contributed by atoms with van der Waals surface area (Å²) in [7, 11) is -1.15.